The Morgan fingerprint density at radius 3 is 2.30 bits per heavy atom. The zero-order valence-corrected chi connectivity index (χ0v) is 15.3. The van der Waals surface area contributed by atoms with Crippen molar-refractivity contribution >= 4 is 23.7 Å². The standard InChI is InChI=1S/C25H20BN/c1-19-11-13-20(14-12-19)22-15-16-26-17-24(21-7-3-2-4-8-21)23-9-5-6-10-25(23)27(26)18-22/h2-18H,1H3. The number of benzene rings is 3. The fourth-order valence-corrected chi connectivity index (χ4v) is 3.91. The van der Waals surface area contributed by atoms with Gasteiger partial charge in [-0.3, -0.25) is 0 Å². The Balaban J connectivity index is 1.61. The van der Waals surface area contributed by atoms with Crippen molar-refractivity contribution in [2.24, 2.45) is 0 Å². The molecule has 0 bridgehead atoms. The molecule has 0 unspecified atom stereocenters. The first-order valence-electron chi connectivity index (χ1n) is 9.42. The molecule has 2 aliphatic rings. The van der Waals surface area contributed by atoms with E-state index in [1.165, 1.54) is 39.1 Å². The van der Waals surface area contributed by atoms with Crippen molar-refractivity contribution in [3.8, 4) is 0 Å². The Morgan fingerprint density at radius 1 is 0.741 bits per heavy atom. The number of rotatable bonds is 2. The van der Waals surface area contributed by atoms with Gasteiger partial charge in [-0.15, -0.1) is 0 Å². The summed E-state index contributed by atoms with van der Waals surface area (Å²) in [6, 6.07) is 28.1. The zero-order valence-electron chi connectivity index (χ0n) is 15.3. The van der Waals surface area contributed by atoms with Crippen LogP contribution < -0.4 is 4.81 Å². The molecule has 0 spiro atoms. The lowest BCUT2D eigenvalue weighted by atomic mass is 9.54. The van der Waals surface area contributed by atoms with Crippen LogP contribution in [0.4, 0.5) is 5.69 Å². The van der Waals surface area contributed by atoms with Gasteiger partial charge in [-0.2, -0.15) is 0 Å². The number of nitrogens with zero attached hydrogens (tertiary/aromatic N) is 1. The van der Waals surface area contributed by atoms with Crippen LogP contribution in [0.3, 0.4) is 0 Å². The van der Waals surface area contributed by atoms with Gasteiger partial charge in [0, 0.05) is 11.3 Å². The van der Waals surface area contributed by atoms with Crippen LogP contribution in [-0.2, 0) is 0 Å². The van der Waals surface area contributed by atoms with E-state index in [9.17, 15) is 0 Å². The van der Waals surface area contributed by atoms with Crippen LogP contribution in [0.2, 0.25) is 0 Å². The highest BCUT2D eigenvalue weighted by molar-refractivity contribution is 6.76. The van der Waals surface area contributed by atoms with E-state index in [2.05, 4.69) is 115 Å². The summed E-state index contributed by atoms with van der Waals surface area (Å²) in [4.78, 5) is 2.39. The molecular formula is C25H20BN. The van der Waals surface area contributed by atoms with Crippen molar-refractivity contribution in [2.75, 3.05) is 4.81 Å². The molecule has 3 aromatic carbocycles. The summed E-state index contributed by atoms with van der Waals surface area (Å²) in [5.41, 5.74) is 8.92. The molecule has 2 heteroatoms. The second-order valence-corrected chi connectivity index (χ2v) is 7.17. The molecule has 0 aliphatic carbocycles. The van der Waals surface area contributed by atoms with E-state index >= 15 is 0 Å². The Bertz CT molecular complexity index is 1070. The van der Waals surface area contributed by atoms with E-state index in [0.717, 1.165) is 0 Å². The summed E-state index contributed by atoms with van der Waals surface area (Å²) < 4.78 is 0. The van der Waals surface area contributed by atoms with E-state index in [0.29, 0.717) is 0 Å². The minimum absolute atomic E-state index is 0.240. The summed E-state index contributed by atoms with van der Waals surface area (Å²) in [6.07, 6.45) is 4.53. The van der Waals surface area contributed by atoms with Crippen LogP contribution in [0.1, 0.15) is 22.3 Å². The van der Waals surface area contributed by atoms with Gasteiger partial charge in [-0.25, -0.2) is 0 Å². The lowest BCUT2D eigenvalue weighted by Gasteiger charge is -2.35. The normalized spacial score (nSPS) is 15.0. The maximum atomic E-state index is 2.39. The predicted molar refractivity (Wildman–Crippen MR) is 116 cm³/mol. The summed E-state index contributed by atoms with van der Waals surface area (Å²) in [5, 5.41) is 0. The molecule has 0 amide bonds. The molecule has 0 saturated heterocycles. The smallest absolute Gasteiger partial charge is 0.313 e. The molecule has 1 nitrogen and oxygen atoms in total. The minimum atomic E-state index is 0.240. The first kappa shape index (κ1) is 16.0. The monoisotopic (exact) mass is 345 g/mol. The minimum Gasteiger partial charge on any atom is -0.383 e. The number of hydrogen-bond acceptors (Lipinski definition) is 1. The Morgan fingerprint density at radius 2 is 1.48 bits per heavy atom. The maximum Gasteiger partial charge on any atom is 0.313 e. The van der Waals surface area contributed by atoms with Crippen molar-refractivity contribution in [1.82, 2.24) is 0 Å². The molecule has 0 aromatic heterocycles. The fraction of sp³-hybridized carbons (Fsp3) is 0.0400. The van der Waals surface area contributed by atoms with E-state index in [1.807, 2.05) is 0 Å². The van der Waals surface area contributed by atoms with E-state index in [4.69, 9.17) is 0 Å². The van der Waals surface area contributed by atoms with E-state index in [-0.39, 0.29) is 6.85 Å². The van der Waals surface area contributed by atoms with Crippen LogP contribution in [0.5, 0.6) is 0 Å². The lowest BCUT2D eigenvalue weighted by molar-refractivity contribution is 1.34. The fourth-order valence-electron chi connectivity index (χ4n) is 3.91. The van der Waals surface area contributed by atoms with Gasteiger partial charge in [0.1, 0.15) is 0 Å². The maximum absolute atomic E-state index is 2.39. The van der Waals surface area contributed by atoms with Gasteiger partial charge in [-0.05, 0) is 41.5 Å². The number of aryl methyl sites for hydroxylation is 1. The number of para-hydroxylation sites is 1. The summed E-state index contributed by atoms with van der Waals surface area (Å²) in [6.45, 7) is 2.37. The van der Waals surface area contributed by atoms with Crippen molar-refractivity contribution in [3.05, 3.63) is 125 Å². The van der Waals surface area contributed by atoms with Crippen LogP contribution in [-0.4, -0.2) is 6.85 Å². The predicted octanol–water partition coefficient (Wildman–Crippen LogP) is 5.93. The molecule has 2 aliphatic heterocycles. The van der Waals surface area contributed by atoms with Crippen LogP contribution in [0.15, 0.2) is 103 Å². The van der Waals surface area contributed by atoms with Gasteiger partial charge in [0.25, 0.3) is 0 Å². The molecule has 0 saturated carbocycles. The quantitative estimate of drug-likeness (QED) is 0.521. The highest BCUT2D eigenvalue weighted by Crippen LogP contribution is 2.39. The molecular weight excluding hydrogens is 325 g/mol. The molecule has 3 aromatic rings. The van der Waals surface area contributed by atoms with Gasteiger partial charge in [0.2, 0.25) is 0 Å². The average Bonchev–Trinajstić information content (AvgIpc) is 2.74. The number of anilines is 1. The van der Waals surface area contributed by atoms with Gasteiger partial charge in [0.15, 0.2) is 0 Å². The molecule has 0 atom stereocenters. The van der Waals surface area contributed by atoms with Gasteiger partial charge >= 0.3 is 6.85 Å². The highest BCUT2D eigenvalue weighted by atomic mass is 15.1. The van der Waals surface area contributed by atoms with Gasteiger partial charge < -0.3 is 4.81 Å². The van der Waals surface area contributed by atoms with Gasteiger partial charge in [-0.1, -0.05) is 96.4 Å². The molecule has 128 valence electrons. The topological polar surface area (TPSA) is 3.24 Å². The molecule has 0 fully saturated rings. The first-order chi connectivity index (χ1) is 13.3. The third kappa shape index (κ3) is 2.84. The van der Waals surface area contributed by atoms with Crippen molar-refractivity contribution in [1.29, 1.82) is 0 Å². The van der Waals surface area contributed by atoms with Crippen molar-refractivity contribution in [2.45, 2.75) is 6.92 Å². The Kier molecular flexibility index (Phi) is 3.83. The van der Waals surface area contributed by atoms with Crippen LogP contribution in [0, 0.1) is 6.92 Å². The third-order valence-electron chi connectivity index (χ3n) is 5.35. The van der Waals surface area contributed by atoms with Crippen LogP contribution in [0.25, 0.3) is 11.1 Å². The summed E-state index contributed by atoms with van der Waals surface area (Å²) in [7, 11) is 0. The summed E-state index contributed by atoms with van der Waals surface area (Å²) >= 11 is 0. The second kappa shape index (κ2) is 6.48. The summed E-state index contributed by atoms with van der Waals surface area (Å²) in [5.74, 6) is 4.67. The number of allylic oxidation sites excluding steroid dienone is 2. The Labute approximate surface area is 161 Å². The van der Waals surface area contributed by atoms with Gasteiger partial charge in [0.05, 0.1) is 0 Å². The molecule has 0 N–H and O–H groups in total. The molecule has 5 rings (SSSR count). The molecule has 2 heterocycles. The molecule has 27 heavy (non-hydrogen) atoms. The van der Waals surface area contributed by atoms with E-state index in [1.54, 1.807) is 0 Å². The van der Waals surface area contributed by atoms with Crippen molar-refractivity contribution < 1.29 is 0 Å². The molecule has 0 radical (unpaired) electrons. The second-order valence-electron chi connectivity index (χ2n) is 7.17. The zero-order chi connectivity index (χ0) is 18.2. The average molecular weight is 345 g/mol. The highest BCUT2D eigenvalue weighted by Gasteiger charge is 2.29. The number of hydrogen-bond donors (Lipinski definition) is 0. The third-order valence-corrected chi connectivity index (χ3v) is 5.35. The van der Waals surface area contributed by atoms with E-state index < -0.39 is 0 Å². The van der Waals surface area contributed by atoms with Crippen LogP contribution >= 0.6 is 0 Å². The first-order valence-corrected chi connectivity index (χ1v) is 9.42. The van der Waals surface area contributed by atoms with Crippen molar-refractivity contribution in [3.63, 3.8) is 0 Å². The number of fused-ring (bicyclic) bond motifs is 3. The Hall–Kier alpha value is -3.26. The SMILES string of the molecule is Cc1ccc(C2=CN3B(C=C2)C=C(c2ccccc2)c2ccccc23)cc1. The lowest BCUT2D eigenvalue weighted by Crippen LogP contribution is -2.37. The largest absolute Gasteiger partial charge is 0.383 e.